The largest absolute Gasteiger partial charge is 0.457 e. The first-order chi connectivity index (χ1) is 16.7. The summed E-state index contributed by atoms with van der Waals surface area (Å²) >= 11 is 1.33. The Morgan fingerprint density at radius 3 is 2.51 bits per heavy atom. The Balaban J connectivity index is 1.66. The quantitative estimate of drug-likeness (QED) is 0.338. The van der Waals surface area contributed by atoms with Gasteiger partial charge in [0, 0.05) is 30.1 Å². The zero-order valence-corrected chi connectivity index (χ0v) is 21.0. The molecule has 0 unspecified atom stereocenters. The molecule has 1 aliphatic rings. The molecule has 0 bridgehead atoms. The standard InChI is InChI=1S/C28H27FN2O3S/c1-5-30-27(32)24-13-22-26(35-24)23(14-31(4)28(22)33)19-10-18(17-6-7-17)11-21(12-19)34-25-15(2)8-20(29)9-16(25)3/h8-14,17H,5-7H2,1-4H3,(H,30,32). The van der Waals surface area contributed by atoms with Gasteiger partial charge >= 0.3 is 0 Å². The molecule has 0 radical (unpaired) electrons. The Morgan fingerprint density at radius 1 is 1.14 bits per heavy atom. The minimum absolute atomic E-state index is 0.136. The second kappa shape index (κ2) is 8.96. The molecule has 180 valence electrons. The number of carbonyl (C=O) groups is 1. The van der Waals surface area contributed by atoms with E-state index in [-0.39, 0.29) is 17.3 Å². The van der Waals surface area contributed by atoms with Crippen molar-refractivity contribution in [3.05, 3.63) is 80.3 Å². The van der Waals surface area contributed by atoms with Crippen molar-refractivity contribution in [3.63, 3.8) is 0 Å². The third-order valence-electron chi connectivity index (χ3n) is 6.34. The molecule has 5 rings (SSSR count). The van der Waals surface area contributed by atoms with Gasteiger partial charge in [0.05, 0.1) is 10.3 Å². The van der Waals surface area contributed by atoms with Crippen LogP contribution in [0.2, 0.25) is 0 Å². The maximum Gasteiger partial charge on any atom is 0.261 e. The van der Waals surface area contributed by atoms with Crippen molar-refractivity contribution in [3.8, 4) is 22.6 Å². The van der Waals surface area contributed by atoms with Crippen LogP contribution < -0.4 is 15.6 Å². The topological polar surface area (TPSA) is 60.3 Å². The normalized spacial score (nSPS) is 13.3. The number of pyridine rings is 1. The van der Waals surface area contributed by atoms with Gasteiger partial charge in [0.15, 0.2) is 0 Å². The van der Waals surface area contributed by atoms with E-state index in [2.05, 4.69) is 17.4 Å². The van der Waals surface area contributed by atoms with Gasteiger partial charge < -0.3 is 14.6 Å². The molecule has 4 aromatic rings. The minimum atomic E-state index is -0.284. The fourth-order valence-electron chi connectivity index (χ4n) is 4.48. The summed E-state index contributed by atoms with van der Waals surface area (Å²) in [5.74, 6) is 1.33. The third-order valence-corrected chi connectivity index (χ3v) is 7.51. The number of fused-ring (bicyclic) bond motifs is 1. The highest BCUT2D eigenvalue weighted by atomic mass is 32.1. The van der Waals surface area contributed by atoms with Crippen molar-refractivity contribution in [2.75, 3.05) is 6.54 Å². The van der Waals surface area contributed by atoms with E-state index in [0.717, 1.165) is 39.8 Å². The molecular formula is C28H27FN2O3S. The number of benzene rings is 2. The van der Waals surface area contributed by atoms with Crippen molar-refractivity contribution < 1.29 is 13.9 Å². The van der Waals surface area contributed by atoms with Crippen LogP contribution in [0.5, 0.6) is 11.5 Å². The van der Waals surface area contributed by atoms with Crippen LogP contribution in [0.3, 0.4) is 0 Å². The van der Waals surface area contributed by atoms with Crippen molar-refractivity contribution in [2.24, 2.45) is 7.05 Å². The number of rotatable bonds is 6. The van der Waals surface area contributed by atoms with Crippen LogP contribution in [0.25, 0.3) is 21.2 Å². The first-order valence-electron chi connectivity index (χ1n) is 11.8. The highest BCUT2D eigenvalue weighted by molar-refractivity contribution is 7.21. The Morgan fingerprint density at radius 2 is 1.86 bits per heavy atom. The first-order valence-corrected chi connectivity index (χ1v) is 12.6. The van der Waals surface area contributed by atoms with Gasteiger partial charge in [-0.25, -0.2) is 4.39 Å². The second-order valence-electron chi connectivity index (χ2n) is 9.21. The lowest BCUT2D eigenvalue weighted by atomic mass is 10.0. The van der Waals surface area contributed by atoms with Crippen molar-refractivity contribution >= 4 is 27.3 Å². The molecule has 2 aromatic heterocycles. The van der Waals surface area contributed by atoms with E-state index in [1.165, 1.54) is 29.0 Å². The smallest absolute Gasteiger partial charge is 0.261 e. The average Bonchev–Trinajstić information content (AvgIpc) is 3.57. The number of amides is 1. The fourth-order valence-corrected chi connectivity index (χ4v) is 5.58. The predicted molar refractivity (Wildman–Crippen MR) is 138 cm³/mol. The van der Waals surface area contributed by atoms with E-state index in [1.807, 2.05) is 33.0 Å². The van der Waals surface area contributed by atoms with Gasteiger partial charge in [-0.3, -0.25) is 9.59 Å². The van der Waals surface area contributed by atoms with E-state index >= 15 is 0 Å². The molecular weight excluding hydrogens is 463 g/mol. The molecule has 1 aliphatic carbocycles. The van der Waals surface area contributed by atoms with Crippen LogP contribution in [0.15, 0.2) is 47.4 Å². The Kier molecular flexibility index (Phi) is 5.97. The average molecular weight is 491 g/mol. The summed E-state index contributed by atoms with van der Waals surface area (Å²) in [5.41, 5.74) is 4.31. The number of nitrogens with zero attached hydrogens (tertiary/aromatic N) is 1. The number of aromatic nitrogens is 1. The molecule has 5 nitrogen and oxygen atoms in total. The van der Waals surface area contributed by atoms with Crippen LogP contribution in [-0.4, -0.2) is 17.0 Å². The number of hydrogen-bond donors (Lipinski definition) is 1. The van der Waals surface area contributed by atoms with Crippen LogP contribution in [0.4, 0.5) is 4.39 Å². The van der Waals surface area contributed by atoms with Crippen LogP contribution in [0, 0.1) is 19.7 Å². The molecule has 1 fully saturated rings. The first kappa shape index (κ1) is 23.3. The number of halogens is 1. The summed E-state index contributed by atoms with van der Waals surface area (Å²) in [7, 11) is 1.72. The zero-order chi connectivity index (χ0) is 24.9. The number of hydrogen-bond acceptors (Lipinski definition) is 4. The number of carbonyl (C=O) groups excluding carboxylic acids is 1. The summed E-state index contributed by atoms with van der Waals surface area (Å²) < 4.78 is 22.5. The minimum Gasteiger partial charge on any atom is -0.457 e. The fraction of sp³-hybridized carbons (Fsp3) is 0.286. The molecule has 0 aliphatic heterocycles. The lowest BCUT2D eigenvalue weighted by Gasteiger charge is -2.15. The maximum atomic E-state index is 13.8. The molecule has 1 N–H and O–H groups in total. The molecule has 7 heteroatoms. The van der Waals surface area contributed by atoms with Gasteiger partial charge in [-0.05, 0) is 92.1 Å². The molecule has 2 aromatic carbocycles. The number of aryl methyl sites for hydroxylation is 3. The summed E-state index contributed by atoms with van der Waals surface area (Å²) in [6.07, 6.45) is 4.08. The van der Waals surface area contributed by atoms with Gasteiger partial charge in [-0.15, -0.1) is 11.3 Å². The summed E-state index contributed by atoms with van der Waals surface area (Å²) in [6.45, 7) is 6.06. The van der Waals surface area contributed by atoms with Gasteiger partial charge in [0.2, 0.25) is 0 Å². The van der Waals surface area contributed by atoms with E-state index in [9.17, 15) is 14.0 Å². The van der Waals surface area contributed by atoms with Crippen LogP contribution >= 0.6 is 11.3 Å². The zero-order valence-electron chi connectivity index (χ0n) is 20.2. The molecule has 35 heavy (non-hydrogen) atoms. The van der Waals surface area contributed by atoms with Crippen molar-refractivity contribution in [2.45, 2.75) is 39.5 Å². The second-order valence-corrected chi connectivity index (χ2v) is 10.3. The van der Waals surface area contributed by atoms with E-state index in [4.69, 9.17) is 4.74 Å². The monoisotopic (exact) mass is 490 g/mol. The molecule has 0 saturated heterocycles. The predicted octanol–water partition coefficient (Wildman–Crippen LogP) is 6.44. The Hall–Kier alpha value is -3.45. The lowest BCUT2D eigenvalue weighted by Crippen LogP contribution is -2.21. The Bertz CT molecular complexity index is 1510. The van der Waals surface area contributed by atoms with Gasteiger partial charge in [0.1, 0.15) is 17.3 Å². The molecule has 0 spiro atoms. The lowest BCUT2D eigenvalue weighted by molar-refractivity contribution is 0.0960. The molecule has 1 saturated carbocycles. The van der Waals surface area contributed by atoms with Gasteiger partial charge in [0.25, 0.3) is 11.5 Å². The van der Waals surface area contributed by atoms with Crippen LogP contribution in [0.1, 0.15) is 52.0 Å². The summed E-state index contributed by atoms with van der Waals surface area (Å²) in [4.78, 5) is 25.9. The van der Waals surface area contributed by atoms with E-state index in [1.54, 1.807) is 17.7 Å². The number of nitrogens with one attached hydrogen (secondary N) is 1. The Labute approximate surface area is 207 Å². The van der Waals surface area contributed by atoms with E-state index in [0.29, 0.717) is 34.2 Å². The highest BCUT2D eigenvalue weighted by Gasteiger charge is 2.26. The molecule has 2 heterocycles. The molecule has 0 atom stereocenters. The SMILES string of the molecule is CCNC(=O)c1cc2c(=O)n(C)cc(-c3cc(Oc4c(C)cc(F)cc4C)cc(C4CC4)c3)c2s1. The van der Waals surface area contributed by atoms with Crippen molar-refractivity contribution in [1.82, 2.24) is 9.88 Å². The van der Waals surface area contributed by atoms with Gasteiger partial charge in [-0.2, -0.15) is 0 Å². The van der Waals surface area contributed by atoms with Gasteiger partial charge in [-0.1, -0.05) is 6.07 Å². The van der Waals surface area contributed by atoms with Crippen LogP contribution in [-0.2, 0) is 7.05 Å². The number of ether oxygens (including phenoxy) is 1. The highest BCUT2D eigenvalue weighted by Crippen LogP contribution is 2.45. The summed E-state index contributed by atoms with van der Waals surface area (Å²) in [6, 6.07) is 10.8. The summed E-state index contributed by atoms with van der Waals surface area (Å²) in [5, 5.41) is 3.34. The third kappa shape index (κ3) is 4.48. The van der Waals surface area contributed by atoms with E-state index < -0.39 is 0 Å². The number of thiophene rings is 1. The molecule has 1 amide bonds. The maximum absolute atomic E-state index is 13.8. The van der Waals surface area contributed by atoms with Crippen molar-refractivity contribution in [1.29, 1.82) is 0 Å².